The zero-order chi connectivity index (χ0) is 15.1. The highest BCUT2D eigenvalue weighted by Crippen LogP contribution is 2.11. The van der Waals surface area contributed by atoms with Gasteiger partial charge in [0.25, 0.3) is 5.91 Å². The first-order valence-corrected chi connectivity index (χ1v) is 6.71. The van der Waals surface area contributed by atoms with Crippen LogP contribution in [0.4, 0.5) is 0 Å². The molecule has 0 aliphatic rings. The molecule has 0 fully saturated rings. The largest absolute Gasteiger partial charge is 0.508 e. The lowest BCUT2D eigenvalue weighted by Crippen LogP contribution is -2.26. The first-order valence-electron chi connectivity index (χ1n) is 6.71. The number of phenols is 1. The van der Waals surface area contributed by atoms with Gasteiger partial charge in [0.05, 0.1) is 12.5 Å². The van der Waals surface area contributed by atoms with E-state index < -0.39 is 0 Å². The summed E-state index contributed by atoms with van der Waals surface area (Å²) in [5, 5.41) is 20.8. The number of rotatable bonds is 5. The molecule has 0 bridgehead atoms. The molecule has 0 spiro atoms. The zero-order valence-electron chi connectivity index (χ0n) is 11.5. The van der Waals surface area contributed by atoms with E-state index in [2.05, 4.69) is 11.4 Å². The van der Waals surface area contributed by atoms with Crippen LogP contribution < -0.4 is 5.32 Å². The quantitative estimate of drug-likeness (QED) is 0.883. The maximum absolute atomic E-state index is 12.1. The molecule has 106 valence electrons. The van der Waals surface area contributed by atoms with Gasteiger partial charge in [-0.05, 0) is 35.7 Å². The van der Waals surface area contributed by atoms with Crippen molar-refractivity contribution in [2.75, 3.05) is 6.54 Å². The standard InChI is InChI=1S/C17H16N2O2/c18-11-9-14-3-1-2-4-16(14)17(21)19-12-10-13-5-7-15(20)8-6-13/h1-8,20H,9-10,12H2,(H,19,21). The molecule has 2 aromatic carbocycles. The first kappa shape index (κ1) is 14.6. The van der Waals surface area contributed by atoms with Crippen molar-refractivity contribution in [2.24, 2.45) is 0 Å². The lowest BCUT2D eigenvalue weighted by molar-refractivity contribution is 0.0953. The van der Waals surface area contributed by atoms with Crippen LogP contribution in [0.5, 0.6) is 5.75 Å². The summed E-state index contributed by atoms with van der Waals surface area (Å²) >= 11 is 0. The average Bonchev–Trinajstić information content (AvgIpc) is 2.50. The monoisotopic (exact) mass is 280 g/mol. The fourth-order valence-corrected chi connectivity index (χ4v) is 2.06. The second-order valence-corrected chi connectivity index (χ2v) is 4.66. The Kier molecular flexibility index (Phi) is 4.94. The maximum atomic E-state index is 12.1. The number of nitrogens with one attached hydrogen (secondary N) is 1. The van der Waals surface area contributed by atoms with E-state index in [1.165, 1.54) is 0 Å². The zero-order valence-corrected chi connectivity index (χ0v) is 11.5. The molecule has 0 aliphatic heterocycles. The number of hydrogen-bond acceptors (Lipinski definition) is 3. The van der Waals surface area contributed by atoms with E-state index in [0.717, 1.165) is 11.1 Å². The minimum absolute atomic E-state index is 0.167. The highest BCUT2D eigenvalue weighted by molar-refractivity contribution is 5.95. The van der Waals surface area contributed by atoms with Crippen molar-refractivity contribution in [1.82, 2.24) is 5.32 Å². The highest BCUT2D eigenvalue weighted by atomic mass is 16.3. The molecule has 4 nitrogen and oxygen atoms in total. The van der Waals surface area contributed by atoms with Crippen LogP contribution in [0.2, 0.25) is 0 Å². The van der Waals surface area contributed by atoms with Crippen LogP contribution in [0.25, 0.3) is 0 Å². The van der Waals surface area contributed by atoms with E-state index in [-0.39, 0.29) is 18.1 Å². The second-order valence-electron chi connectivity index (χ2n) is 4.66. The Morgan fingerprint density at radius 1 is 1.14 bits per heavy atom. The Morgan fingerprint density at radius 3 is 2.57 bits per heavy atom. The Hall–Kier alpha value is -2.80. The minimum atomic E-state index is -0.167. The topological polar surface area (TPSA) is 73.1 Å². The number of nitriles is 1. The van der Waals surface area contributed by atoms with Crippen molar-refractivity contribution < 1.29 is 9.90 Å². The Balaban J connectivity index is 1.93. The first-order chi connectivity index (χ1) is 10.2. The molecule has 0 saturated heterocycles. The third-order valence-electron chi connectivity index (χ3n) is 3.17. The molecule has 4 heteroatoms. The molecule has 0 heterocycles. The molecule has 0 saturated carbocycles. The lowest BCUT2D eigenvalue weighted by atomic mass is 10.0. The second kappa shape index (κ2) is 7.11. The van der Waals surface area contributed by atoms with E-state index in [1.807, 2.05) is 18.2 Å². The smallest absolute Gasteiger partial charge is 0.251 e. The van der Waals surface area contributed by atoms with E-state index in [0.29, 0.717) is 18.5 Å². The Labute approximate surface area is 123 Å². The summed E-state index contributed by atoms with van der Waals surface area (Å²) in [5.41, 5.74) is 2.32. The Morgan fingerprint density at radius 2 is 1.86 bits per heavy atom. The van der Waals surface area contributed by atoms with E-state index >= 15 is 0 Å². The average molecular weight is 280 g/mol. The summed E-state index contributed by atoms with van der Waals surface area (Å²) in [7, 11) is 0. The van der Waals surface area contributed by atoms with Crippen molar-refractivity contribution >= 4 is 5.91 Å². The molecule has 2 aromatic rings. The van der Waals surface area contributed by atoms with Crippen LogP contribution in [0.1, 0.15) is 21.5 Å². The SMILES string of the molecule is N#CCc1ccccc1C(=O)NCCc1ccc(O)cc1. The number of carbonyl (C=O) groups is 1. The van der Waals surface area contributed by atoms with Crippen molar-refractivity contribution in [3.05, 3.63) is 65.2 Å². The molecule has 0 aromatic heterocycles. The fourth-order valence-electron chi connectivity index (χ4n) is 2.06. The van der Waals surface area contributed by atoms with Gasteiger partial charge in [0.2, 0.25) is 0 Å². The van der Waals surface area contributed by atoms with Crippen molar-refractivity contribution in [3.8, 4) is 11.8 Å². The summed E-state index contributed by atoms with van der Waals surface area (Å²) in [5.74, 6) is 0.0628. The van der Waals surface area contributed by atoms with Gasteiger partial charge in [0, 0.05) is 12.1 Å². The number of amides is 1. The summed E-state index contributed by atoms with van der Waals surface area (Å²) in [4.78, 5) is 12.1. The normalized spacial score (nSPS) is 9.86. The van der Waals surface area contributed by atoms with Gasteiger partial charge in [-0.15, -0.1) is 0 Å². The molecular formula is C17H16N2O2. The van der Waals surface area contributed by atoms with Crippen LogP contribution in [0.15, 0.2) is 48.5 Å². The molecule has 21 heavy (non-hydrogen) atoms. The van der Waals surface area contributed by atoms with Gasteiger partial charge in [-0.1, -0.05) is 30.3 Å². The number of phenolic OH excluding ortho intramolecular Hbond substituents is 1. The van der Waals surface area contributed by atoms with Gasteiger partial charge < -0.3 is 10.4 Å². The number of aromatic hydroxyl groups is 1. The van der Waals surface area contributed by atoms with Gasteiger partial charge in [-0.2, -0.15) is 5.26 Å². The third kappa shape index (κ3) is 4.08. The van der Waals surface area contributed by atoms with E-state index in [1.54, 1.807) is 30.3 Å². The van der Waals surface area contributed by atoms with Crippen LogP contribution >= 0.6 is 0 Å². The predicted molar refractivity (Wildman–Crippen MR) is 79.9 cm³/mol. The van der Waals surface area contributed by atoms with Crippen LogP contribution in [-0.4, -0.2) is 17.6 Å². The predicted octanol–water partition coefficient (Wildman–Crippen LogP) is 2.43. The van der Waals surface area contributed by atoms with Gasteiger partial charge in [0.1, 0.15) is 5.75 Å². The summed E-state index contributed by atoms with van der Waals surface area (Å²) in [6.07, 6.45) is 0.911. The molecular weight excluding hydrogens is 264 g/mol. The number of benzene rings is 2. The molecule has 2 N–H and O–H groups in total. The van der Waals surface area contributed by atoms with E-state index in [4.69, 9.17) is 5.26 Å². The van der Waals surface area contributed by atoms with Crippen LogP contribution in [0.3, 0.4) is 0 Å². The Bertz CT molecular complexity index is 657. The molecule has 0 radical (unpaired) electrons. The number of carbonyl (C=O) groups excluding carboxylic acids is 1. The van der Waals surface area contributed by atoms with Crippen LogP contribution in [0, 0.1) is 11.3 Å². The molecule has 0 unspecified atom stereocenters. The van der Waals surface area contributed by atoms with Crippen LogP contribution in [-0.2, 0) is 12.8 Å². The van der Waals surface area contributed by atoms with Gasteiger partial charge in [-0.25, -0.2) is 0 Å². The molecule has 0 atom stereocenters. The van der Waals surface area contributed by atoms with Gasteiger partial charge in [0.15, 0.2) is 0 Å². The molecule has 1 amide bonds. The third-order valence-corrected chi connectivity index (χ3v) is 3.17. The summed E-state index contributed by atoms with van der Waals surface area (Å²) < 4.78 is 0. The summed E-state index contributed by atoms with van der Waals surface area (Å²) in [6.45, 7) is 0.504. The van der Waals surface area contributed by atoms with Crippen molar-refractivity contribution in [3.63, 3.8) is 0 Å². The highest BCUT2D eigenvalue weighted by Gasteiger charge is 2.09. The molecule has 0 aliphatic carbocycles. The summed E-state index contributed by atoms with van der Waals surface area (Å²) in [6, 6.07) is 16.1. The van der Waals surface area contributed by atoms with Crippen molar-refractivity contribution in [2.45, 2.75) is 12.8 Å². The van der Waals surface area contributed by atoms with Crippen molar-refractivity contribution in [1.29, 1.82) is 5.26 Å². The fraction of sp³-hybridized carbons (Fsp3) is 0.176. The van der Waals surface area contributed by atoms with Gasteiger partial charge in [-0.3, -0.25) is 4.79 Å². The maximum Gasteiger partial charge on any atom is 0.251 e. The number of hydrogen-bond donors (Lipinski definition) is 2. The molecule has 2 rings (SSSR count). The minimum Gasteiger partial charge on any atom is -0.508 e. The van der Waals surface area contributed by atoms with Gasteiger partial charge >= 0.3 is 0 Å². The van der Waals surface area contributed by atoms with E-state index in [9.17, 15) is 9.90 Å². The lowest BCUT2D eigenvalue weighted by Gasteiger charge is -2.08. The number of nitrogens with zero attached hydrogens (tertiary/aromatic N) is 1.